The van der Waals surface area contributed by atoms with Gasteiger partial charge in [0.2, 0.25) is 5.91 Å². The van der Waals surface area contributed by atoms with Crippen LogP contribution in [0.5, 0.6) is 0 Å². The SMILES string of the molecule is O=C(CC(c1ccccc1F)c1c[nH]c2ccc(Cl)cc12)NCc1ccccc1. The van der Waals surface area contributed by atoms with Crippen LogP contribution in [0.25, 0.3) is 10.9 Å². The van der Waals surface area contributed by atoms with E-state index in [-0.39, 0.29) is 18.1 Å². The van der Waals surface area contributed by atoms with E-state index in [1.54, 1.807) is 24.3 Å². The number of carbonyl (C=O) groups excluding carboxylic acids is 1. The molecule has 1 heterocycles. The van der Waals surface area contributed by atoms with E-state index >= 15 is 0 Å². The van der Waals surface area contributed by atoms with Crippen molar-refractivity contribution in [1.29, 1.82) is 0 Å². The zero-order valence-electron chi connectivity index (χ0n) is 15.7. The van der Waals surface area contributed by atoms with Crippen LogP contribution >= 0.6 is 11.6 Å². The second-order valence-corrected chi connectivity index (χ2v) is 7.41. The lowest BCUT2D eigenvalue weighted by Crippen LogP contribution is -2.25. The first-order chi connectivity index (χ1) is 14.1. The summed E-state index contributed by atoms with van der Waals surface area (Å²) in [5.41, 5.74) is 3.25. The zero-order valence-corrected chi connectivity index (χ0v) is 16.4. The number of aromatic amines is 1. The monoisotopic (exact) mass is 406 g/mol. The molecule has 0 fully saturated rings. The number of hydrogen-bond acceptors (Lipinski definition) is 1. The molecule has 0 aliphatic rings. The van der Waals surface area contributed by atoms with Gasteiger partial charge in [-0.25, -0.2) is 4.39 Å². The molecule has 0 radical (unpaired) electrons. The van der Waals surface area contributed by atoms with E-state index in [1.807, 2.05) is 48.7 Å². The minimum absolute atomic E-state index is 0.132. The molecule has 1 atom stereocenters. The number of fused-ring (bicyclic) bond motifs is 1. The third-order valence-electron chi connectivity index (χ3n) is 5.05. The number of benzene rings is 3. The molecule has 3 aromatic carbocycles. The molecule has 4 rings (SSSR count). The van der Waals surface area contributed by atoms with E-state index in [1.165, 1.54) is 6.07 Å². The lowest BCUT2D eigenvalue weighted by Gasteiger charge is -2.18. The standard InChI is InChI=1S/C24H20ClFN2O/c25-17-10-11-23-20(12-17)21(15-27-23)19(18-8-4-5-9-22(18)26)13-24(29)28-14-16-6-2-1-3-7-16/h1-12,15,19,27H,13-14H2,(H,28,29). The predicted molar refractivity (Wildman–Crippen MR) is 114 cm³/mol. The van der Waals surface area contributed by atoms with Gasteiger partial charge >= 0.3 is 0 Å². The number of nitrogens with one attached hydrogen (secondary N) is 2. The maximum Gasteiger partial charge on any atom is 0.221 e. The van der Waals surface area contributed by atoms with Crippen LogP contribution in [-0.2, 0) is 11.3 Å². The van der Waals surface area contributed by atoms with Crippen LogP contribution in [0.2, 0.25) is 5.02 Å². The topological polar surface area (TPSA) is 44.9 Å². The van der Waals surface area contributed by atoms with Crippen molar-refractivity contribution in [2.45, 2.75) is 18.9 Å². The molecule has 5 heteroatoms. The van der Waals surface area contributed by atoms with Crippen LogP contribution in [0.15, 0.2) is 79.0 Å². The molecule has 146 valence electrons. The van der Waals surface area contributed by atoms with E-state index < -0.39 is 5.92 Å². The molecule has 0 aliphatic carbocycles. The normalized spacial score (nSPS) is 12.1. The summed E-state index contributed by atoms with van der Waals surface area (Å²) >= 11 is 6.19. The van der Waals surface area contributed by atoms with E-state index in [9.17, 15) is 9.18 Å². The fourth-order valence-corrected chi connectivity index (χ4v) is 3.77. The minimum Gasteiger partial charge on any atom is -0.361 e. The number of carbonyl (C=O) groups is 1. The second-order valence-electron chi connectivity index (χ2n) is 6.97. The molecule has 0 bridgehead atoms. The Morgan fingerprint density at radius 1 is 1.00 bits per heavy atom. The largest absolute Gasteiger partial charge is 0.361 e. The fourth-order valence-electron chi connectivity index (χ4n) is 3.60. The van der Waals surface area contributed by atoms with Crippen LogP contribution in [0.3, 0.4) is 0 Å². The minimum atomic E-state index is -0.431. The molecular weight excluding hydrogens is 387 g/mol. The van der Waals surface area contributed by atoms with Gasteiger partial charge in [0.15, 0.2) is 0 Å². The summed E-state index contributed by atoms with van der Waals surface area (Å²) in [6, 6.07) is 21.8. The van der Waals surface area contributed by atoms with Gasteiger partial charge in [-0.1, -0.05) is 60.1 Å². The van der Waals surface area contributed by atoms with Gasteiger partial charge in [0, 0.05) is 41.0 Å². The Hall–Kier alpha value is -3.11. The molecular formula is C24H20ClFN2O. The molecule has 2 N–H and O–H groups in total. The first-order valence-corrected chi connectivity index (χ1v) is 9.81. The van der Waals surface area contributed by atoms with Crippen molar-refractivity contribution < 1.29 is 9.18 Å². The summed E-state index contributed by atoms with van der Waals surface area (Å²) in [4.78, 5) is 15.9. The zero-order chi connectivity index (χ0) is 20.2. The van der Waals surface area contributed by atoms with Gasteiger partial charge < -0.3 is 10.3 Å². The van der Waals surface area contributed by atoms with Gasteiger partial charge in [-0.15, -0.1) is 0 Å². The quantitative estimate of drug-likeness (QED) is 0.417. The Balaban J connectivity index is 1.65. The summed E-state index contributed by atoms with van der Waals surface area (Å²) < 4.78 is 14.6. The lowest BCUT2D eigenvalue weighted by atomic mass is 9.87. The summed E-state index contributed by atoms with van der Waals surface area (Å²) in [6.45, 7) is 0.434. The Bertz CT molecular complexity index is 1140. The Kier molecular flexibility index (Phi) is 5.63. The average Bonchev–Trinajstić information content (AvgIpc) is 3.15. The van der Waals surface area contributed by atoms with E-state index in [2.05, 4.69) is 10.3 Å². The van der Waals surface area contributed by atoms with Crippen LogP contribution in [0.4, 0.5) is 4.39 Å². The maximum absolute atomic E-state index is 14.6. The maximum atomic E-state index is 14.6. The summed E-state index contributed by atoms with van der Waals surface area (Å²) in [7, 11) is 0. The molecule has 0 saturated heterocycles. The highest BCUT2D eigenvalue weighted by Crippen LogP contribution is 2.35. The van der Waals surface area contributed by atoms with Crippen molar-refractivity contribution in [3.05, 3.63) is 107 Å². The average molecular weight is 407 g/mol. The molecule has 0 saturated carbocycles. The molecule has 0 spiro atoms. The highest BCUT2D eigenvalue weighted by molar-refractivity contribution is 6.31. The van der Waals surface area contributed by atoms with Crippen molar-refractivity contribution >= 4 is 28.4 Å². The van der Waals surface area contributed by atoms with Gasteiger partial charge in [0.25, 0.3) is 0 Å². The fraction of sp³-hybridized carbons (Fsp3) is 0.125. The van der Waals surface area contributed by atoms with E-state index in [4.69, 9.17) is 11.6 Å². The molecule has 1 unspecified atom stereocenters. The van der Waals surface area contributed by atoms with Crippen LogP contribution in [0.1, 0.15) is 29.0 Å². The van der Waals surface area contributed by atoms with E-state index in [0.29, 0.717) is 17.1 Å². The lowest BCUT2D eigenvalue weighted by molar-refractivity contribution is -0.121. The van der Waals surface area contributed by atoms with E-state index in [0.717, 1.165) is 22.0 Å². The summed E-state index contributed by atoms with van der Waals surface area (Å²) in [5, 5.41) is 4.43. The van der Waals surface area contributed by atoms with Gasteiger partial charge in [-0.05, 0) is 41.0 Å². The highest BCUT2D eigenvalue weighted by Gasteiger charge is 2.24. The number of hydrogen-bond donors (Lipinski definition) is 2. The first kappa shape index (κ1) is 19.2. The number of amides is 1. The van der Waals surface area contributed by atoms with Crippen molar-refractivity contribution in [2.24, 2.45) is 0 Å². The third kappa shape index (κ3) is 4.33. The molecule has 0 aliphatic heterocycles. The molecule has 29 heavy (non-hydrogen) atoms. The molecule has 1 aromatic heterocycles. The highest BCUT2D eigenvalue weighted by atomic mass is 35.5. The van der Waals surface area contributed by atoms with Crippen LogP contribution in [-0.4, -0.2) is 10.9 Å². The first-order valence-electron chi connectivity index (χ1n) is 9.43. The summed E-state index contributed by atoms with van der Waals surface area (Å²) in [5.74, 6) is -0.901. The third-order valence-corrected chi connectivity index (χ3v) is 5.29. The molecule has 1 amide bonds. The van der Waals surface area contributed by atoms with Gasteiger partial charge in [-0.2, -0.15) is 0 Å². The smallest absolute Gasteiger partial charge is 0.221 e. The molecule has 3 nitrogen and oxygen atoms in total. The second kappa shape index (κ2) is 8.50. The van der Waals surface area contributed by atoms with Gasteiger partial charge in [0.05, 0.1) is 0 Å². The number of halogens is 2. The van der Waals surface area contributed by atoms with Gasteiger partial charge in [-0.3, -0.25) is 4.79 Å². The van der Waals surface area contributed by atoms with Crippen molar-refractivity contribution in [3.63, 3.8) is 0 Å². The van der Waals surface area contributed by atoms with Crippen LogP contribution in [0, 0.1) is 5.82 Å². The number of H-pyrrole nitrogens is 1. The Morgan fingerprint density at radius 2 is 1.76 bits per heavy atom. The summed E-state index contributed by atoms with van der Waals surface area (Å²) in [6.07, 6.45) is 1.97. The van der Waals surface area contributed by atoms with Crippen molar-refractivity contribution in [2.75, 3.05) is 0 Å². The van der Waals surface area contributed by atoms with Gasteiger partial charge in [0.1, 0.15) is 5.82 Å². The number of aromatic nitrogens is 1. The Labute approximate surface area is 173 Å². The van der Waals surface area contributed by atoms with Crippen molar-refractivity contribution in [3.8, 4) is 0 Å². The Morgan fingerprint density at radius 3 is 2.55 bits per heavy atom. The van der Waals surface area contributed by atoms with Crippen LogP contribution < -0.4 is 5.32 Å². The predicted octanol–water partition coefficient (Wildman–Crippen LogP) is 5.80. The van der Waals surface area contributed by atoms with Crippen molar-refractivity contribution in [1.82, 2.24) is 10.3 Å². The molecule has 4 aromatic rings. The number of rotatable bonds is 6.